The first-order chi connectivity index (χ1) is 27.3. The molecule has 4 heterocycles. The van der Waals surface area contributed by atoms with Gasteiger partial charge in [-0.15, -0.1) is 11.3 Å². The highest BCUT2D eigenvalue weighted by Gasteiger charge is 2.45. The molecule has 2 fully saturated rings. The predicted octanol–water partition coefficient (Wildman–Crippen LogP) is 5.54. The van der Waals surface area contributed by atoms with Crippen LogP contribution in [0.4, 0.5) is 11.4 Å². The average molecular weight is 791 g/mol. The van der Waals surface area contributed by atoms with Crippen LogP contribution in [0.25, 0.3) is 10.2 Å². The highest BCUT2D eigenvalue weighted by atomic mass is 32.1. The minimum absolute atomic E-state index is 0.0781. The number of aromatic nitrogens is 2. The molecule has 1 saturated carbocycles. The van der Waals surface area contributed by atoms with E-state index in [0.29, 0.717) is 35.3 Å². The summed E-state index contributed by atoms with van der Waals surface area (Å²) in [5, 5.41) is 29.7. The lowest BCUT2D eigenvalue weighted by Gasteiger charge is -2.30. The summed E-state index contributed by atoms with van der Waals surface area (Å²) in [6, 6.07) is 14.5. The molecule has 3 aliphatic rings. The van der Waals surface area contributed by atoms with E-state index in [1.807, 2.05) is 18.2 Å². The Balaban J connectivity index is 0.882. The van der Waals surface area contributed by atoms with Crippen LogP contribution >= 0.6 is 11.3 Å². The lowest BCUT2D eigenvalue weighted by atomic mass is 9.82. The van der Waals surface area contributed by atoms with E-state index in [9.17, 15) is 34.3 Å². The zero-order valence-corrected chi connectivity index (χ0v) is 33.1. The summed E-state index contributed by atoms with van der Waals surface area (Å²) in [4.78, 5) is 76.1. The molecular weight excluding hydrogens is 745 g/mol. The molecule has 1 aliphatic carbocycles. The Morgan fingerprint density at radius 1 is 1.02 bits per heavy atom. The standard InChI is InChI=1S/C42H46N8O6S/c1-42(2,56)28-20-32-34(21-31(28)46-37(52)30-11-6-8-26(22-43)45-30)57-39(47-32)25-14-12-24(13-15-25)23-49(3)19-5-4-18-44-29-10-7-9-27-36(29)41(55)50(40(27)54)33-16-17-35(51)48-38(33)53/h6-11,20-21,24-25,33,44,56H,4-5,12-19,23H2,1-3H3,(H,46,52)(H,48,51,53)/t24-,25-,33?. The monoisotopic (exact) mass is 790 g/mol. The molecule has 14 nitrogen and oxygen atoms in total. The SMILES string of the molecule is CN(CCCCNc1cccc2c1C(=O)N(C1CCC(=O)NC1=O)C2=O)C[C@H]1CC[C@H](c2nc3cc(C(C)(C)O)c(NC(=O)c4cccc(C#N)n4)cc3s2)CC1. The molecule has 57 heavy (non-hydrogen) atoms. The fraction of sp³-hybridized carbons (Fsp3) is 0.429. The number of hydrogen-bond acceptors (Lipinski definition) is 12. The van der Waals surface area contributed by atoms with Gasteiger partial charge in [0.1, 0.15) is 23.5 Å². The maximum atomic E-state index is 13.4. The second-order valence-corrected chi connectivity index (χ2v) is 16.8. The summed E-state index contributed by atoms with van der Waals surface area (Å²) >= 11 is 1.62. The topological polar surface area (TPSA) is 198 Å². The van der Waals surface area contributed by atoms with Crippen molar-refractivity contribution < 1.29 is 29.1 Å². The van der Waals surface area contributed by atoms with Crippen molar-refractivity contribution in [2.75, 3.05) is 37.3 Å². The van der Waals surface area contributed by atoms with Crippen LogP contribution in [0.2, 0.25) is 0 Å². The van der Waals surface area contributed by atoms with E-state index in [1.54, 1.807) is 55.5 Å². The quantitative estimate of drug-likeness (QED) is 0.0980. The summed E-state index contributed by atoms with van der Waals surface area (Å²) in [7, 11) is 2.15. The Hall–Kier alpha value is -5.56. The number of nitrogens with zero attached hydrogens (tertiary/aromatic N) is 5. The number of rotatable bonds is 13. The van der Waals surface area contributed by atoms with E-state index < -0.39 is 41.2 Å². The summed E-state index contributed by atoms with van der Waals surface area (Å²) in [5.41, 5.74) is 1.96. The van der Waals surface area contributed by atoms with E-state index in [4.69, 9.17) is 4.98 Å². The molecule has 296 valence electrons. The Bertz CT molecular complexity index is 2290. The highest BCUT2D eigenvalue weighted by Crippen LogP contribution is 2.41. The number of hydrogen-bond donors (Lipinski definition) is 4. The third-order valence-corrected chi connectivity index (χ3v) is 12.2. The molecule has 7 rings (SSSR count). The van der Waals surface area contributed by atoms with Crippen molar-refractivity contribution in [1.82, 2.24) is 25.1 Å². The van der Waals surface area contributed by atoms with Crippen LogP contribution in [-0.2, 0) is 15.2 Å². The molecular formula is C42H46N8O6S. The molecule has 2 aromatic heterocycles. The third-order valence-electron chi connectivity index (χ3n) is 11.1. The van der Waals surface area contributed by atoms with Crippen LogP contribution in [0, 0.1) is 17.2 Å². The van der Waals surface area contributed by atoms with E-state index in [0.717, 1.165) is 71.7 Å². The number of carbonyl (C=O) groups excluding carboxylic acids is 5. The van der Waals surface area contributed by atoms with Gasteiger partial charge in [0.05, 0.1) is 32.0 Å². The van der Waals surface area contributed by atoms with Crippen molar-refractivity contribution >= 4 is 62.5 Å². The number of nitrogens with one attached hydrogen (secondary N) is 3. The van der Waals surface area contributed by atoms with Crippen molar-refractivity contribution in [1.29, 1.82) is 5.26 Å². The zero-order valence-electron chi connectivity index (χ0n) is 32.3. The second-order valence-electron chi connectivity index (χ2n) is 15.7. The number of benzene rings is 2. The van der Waals surface area contributed by atoms with Crippen LogP contribution in [0.5, 0.6) is 0 Å². The number of unbranched alkanes of at least 4 members (excludes halogenated alkanes) is 1. The first-order valence-corrected chi connectivity index (χ1v) is 20.2. The number of thiazole rings is 1. The second kappa shape index (κ2) is 16.5. The van der Waals surface area contributed by atoms with Gasteiger partial charge in [0.15, 0.2) is 0 Å². The largest absolute Gasteiger partial charge is 0.386 e. The van der Waals surface area contributed by atoms with Crippen LogP contribution in [-0.4, -0.2) is 87.1 Å². The van der Waals surface area contributed by atoms with E-state index in [2.05, 4.69) is 32.9 Å². The molecule has 0 spiro atoms. The maximum absolute atomic E-state index is 13.4. The molecule has 2 aromatic carbocycles. The van der Waals surface area contributed by atoms with Crippen molar-refractivity contribution in [2.45, 2.75) is 82.8 Å². The molecule has 4 aromatic rings. The minimum atomic E-state index is -1.24. The molecule has 1 atom stereocenters. The zero-order chi connectivity index (χ0) is 40.4. The van der Waals surface area contributed by atoms with Crippen LogP contribution in [0.3, 0.4) is 0 Å². The molecule has 1 unspecified atom stereocenters. The van der Waals surface area contributed by atoms with E-state index in [1.165, 1.54) is 6.07 Å². The molecule has 2 aliphatic heterocycles. The Labute approximate surface area is 334 Å². The van der Waals surface area contributed by atoms with Gasteiger partial charge in [0.25, 0.3) is 17.7 Å². The Kier molecular flexibility index (Phi) is 11.5. The Morgan fingerprint density at radius 3 is 2.53 bits per heavy atom. The molecule has 5 amide bonds. The van der Waals surface area contributed by atoms with Crippen molar-refractivity contribution in [3.05, 3.63) is 81.6 Å². The van der Waals surface area contributed by atoms with Gasteiger partial charge in [-0.2, -0.15) is 5.26 Å². The summed E-state index contributed by atoms with van der Waals surface area (Å²) in [5.74, 6) is -1.59. The number of piperidine rings is 1. The minimum Gasteiger partial charge on any atom is -0.386 e. The third kappa shape index (κ3) is 8.58. The number of carbonyl (C=O) groups is 5. The van der Waals surface area contributed by atoms with Crippen molar-refractivity contribution in [3.63, 3.8) is 0 Å². The number of aliphatic hydroxyl groups is 1. The smallest absolute Gasteiger partial charge is 0.274 e. The first-order valence-electron chi connectivity index (χ1n) is 19.4. The van der Waals surface area contributed by atoms with Crippen molar-refractivity contribution in [3.8, 4) is 6.07 Å². The highest BCUT2D eigenvalue weighted by molar-refractivity contribution is 7.18. The van der Waals surface area contributed by atoms with Gasteiger partial charge in [-0.1, -0.05) is 12.1 Å². The molecule has 0 bridgehead atoms. The number of imide groups is 2. The van der Waals surface area contributed by atoms with Gasteiger partial charge in [-0.25, -0.2) is 9.97 Å². The van der Waals surface area contributed by atoms with Crippen LogP contribution < -0.4 is 16.0 Å². The molecule has 1 saturated heterocycles. The molecule has 0 radical (unpaired) electrons. The van der Waals surface area contributed by atoms with Crippen molar-refractivity contribution in [2.24, 2.45) is 5.92 Å². The number of amides is 5. The number of anilines is 2. The van der Waals surface area contributed by atoms with Gasteiger partial charge in [0, 0.05) is 42.4 Å². The number of pyridine rings is 1. The normalized spacial score (nSPS) is 19.8. The predicted molar refractivity (Wildman–Crippen MR) is 215 cm³/mol. The molecule has 15 heteroatoms. The summed E-state index contributed by atoms with van der Waals surface area (Å²) in [6.07, 6.45) is 6.28. The first kappa shape index (κ1) is 39.7. The fourth-order valence-corrected chi connectivity index (χ4v) is 9.26. The van der Waals surface area contributed by atoms with Gasteiger partial charge in [-0.3, -0.25) is 34.2 Å². The van der Waals surface area contributed by atoms with E-state index >= 15 is 0 Å². The summed E-state index contributed by atoms with van der Waals surface area (Å²) < 4.78 is 0.925. The van der Waals surface area contributed by atoms with Gasteiger partial charge < -0.3 is 20.6 Å². The van der Waals surface area contributed by atoms with Gasteiger partial charge in [0.2, 0.25) is 11.8 Å². The van der Waals surface area contributed by atoms with E-state index in [-0.39, 0.29) is 35.4 Å². The number of fused-ring (bicyclic) bond motifs is 2. The maximum Gasteiger partial charge on any atom is 0.274 e. The molecule has 4 N–H and O–H groups in total. The van der Waals surface area contributed by atoms with Gasteiger partial charge in [-0.05, 0) is 115 Å². The Morgan fingerprint density at radius 2 is 1.79 bits per heavy atom. The lowest BCUT2D eigenvalue weighted by molar-refractivity contribution is -0.136. The lowest BCUT2D eigenvalue weighted by Crippen LogP contribution is -2.54. The fourth-order valence-electron chi connectivity index (χ4n) is 8.10. The average Bonchev–Trinajstić information content (AvgIpc) is 3.72. The summed E-state index contributed by atoms with van der Waals surface area (Å²) in [6.45, 7) is 5.89. The van der Waals surface area contributed by atoms with Crippen LogP contribution in [0.1, 0.15) is 119 Å². The number of nitriles is 1. The van der Waals surface area contributed by atoms with Gasteiger partial charge >= 0.3 is 0 Å². The van der Waals surface area contributed by atoms with Crippen LogP contribution in [0.15, 0.2) is 48.5 Å².